The molecule has 2 heteroatoms. The first-order valence-electron chi connectivity index (χ1n) is 7.42. The van der Waals surface area contributed by atoms with Gasteiger partial charge in [0.1, 0.15) is 0 Å². The molecule has 4 rings (SSSR count). The number of nitrogens with one attached hydrogen (secondary N) is 1. The summed E-state index contributed by atoms with van der Waals surface area (Å²) >= 11 is 0. The number of hydrogen-bond donors (Lipinski definition) is 1. The van der Waals surface area contributed by atoms with Crippen LogP contribution in [0.25, 0.3) is 0 Å². The van der Waals surface area contributed by atoms with E-state index in [9.17, 15) is 0 Å². The molecule has 4 aliphatic carbocycles. The van der Waals surface area contributed by atoms with Crippen molar-refractivity contribution >= 4 is 0 Å². The van der Waals surface area contributed by atoms with E-state index in [-0.39, 0.29) is 0 Å². The largest absolute Gasteiger partial charge is 0.385 e. The molecule has 1 N–H and O–H groups in total. The van der Waals surface area contributed by atoms with E-state index in [2.05, 4.69) is 12.4 Å². The third-order valence-corrected chi connectivity index (χ3v) is 5.78. The minimum absolute atomic E-state index is 0.627. The minimum Gasteiger partial charge on any atom is -0.385 e. The van der Waals surface area contributed by atoms with E-state index in [1.807, 2.05) is 7.11 Å². The van der Waals surface area contributed by atoms with Gasteiger partial charge >= 0.3 is 0 Å². The Labute approximate surface area is 105 Å². The Hall–Kier alpha value is -0.0800. The van der Waals surface area contributed by atoms with Crippen molar-refractivity contribution < 1.29 is 4.74 Å². The van der Waals surface area contributed by atoms with Crippen LogP contribution in [0.5, 0.6) is 0 Å². The van der Waals surface area contributed by atoms with Gasteiger partial charge in [-0.15, -0.1) is 0 Å². The molecule has 4 bridgehead atoms. The summed E-state index contributed by atoms with van der Waals surface area (Å²) in [5.41, 5.74) is 0.627. The van der Waals surface area contributed by atoms with Crippen LogP contribution in [0.4, 0.5) is 0 Å². The average molecular weight is 237 g/mol. The summed E-state index contributed by atoms with van der Waals surface area (Å²) in [7, 11) is 3.98. The maximum Gasteiger partial charge on any atom is 0.0477 e. The highest BCUT2D eigenvalue weighted by Gasteiger charge is 2.53. The highest BCUT2D eigenvalue weighted by molar-refractivity contribution is 5.05. The van der Waals surface area contributed by atoms with Crippen molar-refractivity contribution in [3.05, 3.63) is 0 Å². The molecule has 1 unspecified atom stereocenters. The molecule has 0 aliphatic heterocycles. The van der Waals surface area contributed by atoms with Gasteiger partial charge in [-0.25, -0.2) is 0 Å². The second kappa shape index (κ2) is 4.55. The second-order valence-corrected chi connectivity index (χ2v) is 6.90. The maximum atomic E-state index is 5.30. The predicted molar refractivity (Wildman–Crippen MR) is 69.9 cm³/mol. The van der Waals surface area contributed by atoms with Gasteiger partial charge in [-0.3, -0.25) is 0 Å². The molecule has 98 valence electrons. The van der Waals surface area contributed by atoms with Gasteiger partial charge in [-0.05, 0) is 75.2 Å². The van der Waals surface area contributed by atoms with Crippen LogP contribution in [0.15, 0.2) is 0 Å². The Morgan fingerprint density at radius 1 is 1.12 bits per heavy atom. The molecular formula is C15H27NO. The van der Waals surface area contributed by atoms with Gasteiger partial charge in [-0.1, -0.05) is 0 Å². The van der Waals surface area contributed by atoms with Gasteiger partial charge in [0.15, 0.2) is 0 Å². The van der Waals surface area contributed by atoms with Crippen LogP contribution >= 0.6 is 0 Å². The third-order valence-electron chi connectivity index (χ3n) is 5.78. The maximum absolute atomic E-state index is 5.30. The molecule has 0 saturated heterocycles. The first kappa shape index (κ1) is 12.0. The Kier molecular flexibility index (Phi) is 3.20. The van der Waals surface area contributed by atoms with Crippen LogP contribution in [0.3, 0.4) is 0 Å². The number of methoxy groups -OCH3 is 1. The van der Waals surface area contributed by atoms with E-state index in [1.165, 1.54) is 25.7 Å². The summed E-state index contributed by atoms with van der Waals surface area (Å²) in [6.07, 6.45) is 10.3. The van der Waals surface area contributed by atoms with Crippen molar-refractivity contribution in [2.75, 3.05) is 20.8 Å². The van der Waals surface area contributed by atoms with Crippen LogP contribution in [0.2, 0.25) is 0 Å². The first-order valence-corrected chi connectivity index (χ1v) is 7.42. The minimum atomic E-state index is 0.627. The second-order valence-electron chi connectivity index (χ2n) is 6.90. The molecule has 2 nitrogen and oxygen atoms in total. The average Bonchev–Trinajstić information content (AvgIpc) is 2.27. The quantitative estimate of drug-likeness (QED) is 0.794. The summed E-state index contributed by atoms with van der Waals surface area (Å²) in [5.74, 6) is 3.17. The molecule has 0 aromatic carbocycles. The van der Waals surface area contributed by atoms with Crippen LogP contribution < -0.4 is 5.32 Å². The zero-order chi connectivity index (χ0) is 11.9. The Morgan fingerprint density at radius 3 is 2.06 bits per heavy atom. The molecule has 0 aromatic rings. The van der Waals surface area contributed by atoms with E-state index in [1.54, 1.807) is 19.3 Å². The molecular weight excluding hydrogens is 210 g/mol. The standard InChI is InChI=1S/C15H27NO/c1-16-14(3-4-17-2)15-8-11-5-12(9-15)7-13(6-11)10-15/h11-14,16H,3-10H2,1-2H3. The molecule has 4 aliphatic rings. The molecule has 0 heterocycles. The van der Waals surface area contributed by atoms with Crippen molar-refractivity contribution in [2.45, 2.75) is 51.0 Å². The van der Waals surface area contributed by atoms with E-state index < -0.39 is 0 Å². The molecule has 4 fully saturated rings. The van der Waals surface area contributed by atoms with Gasteiger partial charge < -0.3 is 10.1 Å². The lowest BCUT2D eigenvalue weighted by molar-refractivity contribution is -0.0766. The van der Waals surface area contributed by atoms with Crippen molar-refractivity contribution in [1.29, 1.82) is 0 Å². The monoisotopic (exact) mass is 237 g/mol. The number of ether oxygens (including phenoxy) is 1. The lowest BCUT2D eigenvalue weighted by atomic mass is 9.47. The van der Waals surface area contributed by atoms with Gasteiger partial charge in [-0.2, -0.15) is 0 Å². The van der Waals surface area contributed by atoms with Gasteiger partial charge in [0.2, 0.25) is 0 Å². The summed E-state index contributed by atoms with van der Waals surface area (Å²) in [5, 5.41) is 3.61. The fraction of sp³-hybridized carbons (Fsp3) is 1.00. The zero-order valence-electron chi connectivity index (χ0n) is 11.4. The highest BCUT2D eigenvalue weighted by atomic mass is 16.5. The number of rotatable bonds is 5. The smallest absolute Gasteiger partial charge is 0.0477 e. The molecule has 0 spiro atoms. The van der Waals surface area contributed by atoms with Crippen LogP contribution in [0.1, 0.15) is 44.9 Å². The Bertz CT molecular complexity index is 241. The zero-order valence-corrected chi connectivity index (χ0v) is 11.4. The van der Waals surface area contributed by atoms with Gasteiger partial charge in [0, 0.05) is 19.8 Å². The van der Waals surface area contributed by atoms with E-state index in [0.29, 0.717) is 11.5 Å². The lowest BCUT2D eigenvalue weighted by Gasteiger charge is -2.59. The van der Waals surface area contributed by atoms with Crippen LogP contribution in [0, 0.1) is 23.2 Å². The molecule has 4 saturated carbocycles. The molecule has 1 atom stereocenters. The summed E-state index contributed by atoms with van der Waals surface area (Å²) in [6, 6.07) is 0.691. The molecule has 0 amide bonds. The SMILES string of the molecule is CNC(CCOC)C12CC3CC(CC(C3)C1)C2. The van der Waals surface area contributed by atoms with Crippen molar-refractivity contribution in [1.82, 2.24) is 5.32 Å². The predicted octanol–water partition coefficient (Wildman–Crippen LogP) is 2.83. The summed E-state index contributed by atoms with van der Waals surface area (Å²) in [6.45, 7) is 0.910. The first-order chi connectivity index (χ1) is 8.25. The van der Waals surface area contributed by atoms with Gasteiger partial charge in [0.25, 0.3) is 0 Å². The normalized spacial score (nSPS) is 45.2. The number of hydrogen-bond acceptors (Lipinski definition) is 2. The Balaban J connectivity index is 1.75. The third kappa shape index (κ3) is 2.04. The highest BCUT2D eigenvalue weighted by Crippen LogP contribution is 2.61. The Morgan fingerprint density at radius 2 is 1.65 bits per heavy atom. The van der Waals surface area contributed by atoms with Crippen molar-refractivity contribution in [3.63, 3.8) is 0 Å². The van der Waals surface area contributed by atoms with Crippen molar-refractivity contribution in [2.24, 2.45) is 23.2 Å². The van der Waals surface area contributed by atoms with Gasteiger partial charge in [0.05, 0.1) is 0 Å². The molecule has 0 aromatic heterocycles. The molecule has 0 radical (unpaired) electrons. The van der Waals surface area contributed by atoms with E-state index in [0.717, 1.165) is 24.4 Å². The summed E-state index contributed by atoms with van der Waals surface area (Å²) < 4.78 is 5.30. The topological polar surface area (TPSA) is 21.3 Å². The van der Waals surface area contributed by atoms with Crippen molar-refractivity contribution in [3.8, 4) is 0 Å². The lowest BCUT2D eigenvalue weighted by Crippen LogP contribution is -2.55. The fourth-order valence-corrected chi connectivity index (χ4v) is 5.60. The van der Waals surface area contributed by atoms with Crippen LogP contribution in [-0.4, -0.2) is 26.8 Å². The fourth-order valence-electron chi connectivity index (χ4n) is 5.60. The molecule has 17 heavy (non-hydrogen) atoms. The summed E-state index contributed by atoms with van der Waals surface area (Å²) in [4.78, 5) is 0. The van der Waals surface area contributed by atoms with Crippen LogP contribution in [-0.2, 0) is 4.74 Å². The van der Waals surface area contributed by atoms with E-state index >= 15 is 0 Å². The van der Waals surface area contributed by atoms with E-state index in [4.69, 9.17) is 4.74 Å².